The third kappa shape index (κ3) is 3.60. The van der Waals surface area contributed by atoms with Crippen LogP contribution in [0, 0.1) is 5.82 Å². The SMILES string of the molecule is CC1(c2cc(NC(=O)Cc3noc4ccccc34)ccc2F)CCSC(N)=N1. The molecule has 4 rings (SSSR count). The van der Waals surface area contributed by atoms with Crippen molar-refractivity contribution in [3.8, 4) is 0 Å². The number of carbonyl (C=O) groups is 1. The first-order chi connectivity index (χ1) is 13.4. The van der Waals surface area contributed by atoms with E-state index in [0.717, 1.165) is 11.1 Å². The standard InChI is InChI=1S/C20H19FN4O2S/c1-20(8-9-28-19(22)24-20)14-10-12(6-7-15(14)21)23-18(26)11-16-13-4-2-3-5-17(13)27-25-16/h2-7,10H,8-9,11H2,1H3,(H2,22,24)(H,23,26). The van der Waals surface area contributed by atoms with Crippen molar-refractivity contribution < 1.29 is 13.7 Å². The Morgan fingerprint density at radius 3 is 3.00 bits per heavy atom. The Morgan fingerprint density at radius 2 is 2.18 bits per heavy atom. The number of thioether (sulfide) groups is 1. The molecule has 1 unspecified atom stereocenters. The van der Waals surface area contributed by atoms with Gasteiger partial charge in [0.1, 0.15) is 11.5 Å². The number of nitrogens with two attached hydrogens (primary N) is 1. The smallest absolute Gasteiger partial charge is 0.230 e. The highest BCUT2D eigenvalue weighted by Crippen LogP contribution is 2.37. The zero-order chi connectivity index (χ0) is 19.7. The molecule has 6 nitrogen and oxygen atoms in total. The lowest BCUT2D eigenvalue weighted by Crippen LogP contribution is -2.30. The van der Waals surface area contributed by atoms with Crippen molar-refractivity contribution in [2.75, 3.05) is 11.1 Å². The summed E-state index contributed by atoms with van der Waals surface area (Å²) in [5.41, 5.74) is 7.21. The van der Waals surface area contributed by atoms with Crippen LogP contribution in [0.3, 0.4) is 0 Å². The topological polar surface area (TPSA) is 93.5 Å². The maximum atomic E-state index is 14.5. The second-order valence-corrected chi connectivity index (χ2v) is 7.98. The fraction of sp³-hybridized carbons (Fsp3) is 0.250. The van der Waals surface area contributed by atoms with Crippen LogP contribution in [0.5, 0.6) is 0 Å². The van der Waals surface area contributed by atoms with Gasteiger partial charge in [-0.05, 0) is 43.7 Å². The lowest BCUT2D eigenvalue weighted by atomic mass is 9.89. The predicted octanol–water partition coefficient (Wildman–Crippen LogP) is 3.81. The van der Waals surface area contributed by atoms with Crippen LogP contribution >= 0.6 is 11.8 Å². The molecule has 1 aliphatic rings. The highest BCUT2D eigenvalue weighted by molar-refractivity contribution is 8.13. The molecule has 0 fully saturated rings. The number of halogens is 1. The summed E-state index contributed by atoms with van der Waals surface area (Å²) in [5, 5.41) is 8.02. The Morgan fingerprint density at radius 1 is 1.36 bits per heavy atom. The van der Waals surface area contributed by atoms with E-state index >= 15 is 0 Å². The Labute approximate surface area is 165 Å². The fourth-order valence-corrected chi connectivity index (χ4v) is 4.29. The van der Waals surface area contributed by atoms with Gasteiger partial charge in [-0.1, -0.05) is 29.1 Å². The summed E-state index contributed by atoms with van der Waals surface area (Å²) >= 11 is 1.46. The lowest BCUT2D eigenvalue weighted by molar-refractivity contribution is -0.115. The number of para-hydroxylation sites is 1. The molecule has 1 aromatic heterocycles. The van der Waals surface area contributed by atoms with Crippen molar-refractivity contribution in [3.05, 3.63) is 59.5 Å². The second kappa shape index (κ2) is 7.27. The van der Waals surface area contributed by atoms with Gasteiger partial charge in [0.25, 0.3) is 0 Å². The highest BCUT2D eigenvalue weighted by atomic mass is 32.2. The van der Waals surface area contributed by atoms with E-state index in [1.807, 2.05) is 25.1 Å². The van der Waals surface area contributed by atoms with Gasteiger partial charge in [-0.3, -0.25) is 9.79 Å². The summed E-state index contributed by atoms with van der Waals surface area (Å²) in [7, 11) is 0. The quantitative estimate of drug-likeness (QED) is 0.697. The first kappa shape index (κ1) is 18.5. The number of fused-ring (bicyclic) bond motifs is 1. The van der Waals surface area contributed by atoms with E-state index in [1.165, 1.54) is 23.9 Å². The van der Waals surface area contributed by atoms with Crippen molar-refractivity contribution in [1.29, 1.82) is 0 Å². The maximum absolute atomic E-state index is 14.5. The molecule has 0 radical (unpaired) electrons. The number of amides is 1. The van der Waals surface area contributed by atoms with E-state index in [2.05, 4.69) is 15.5 Å². The van der Waals surface area contributed by atoms with Gasteiger partial charge in [0.05, 0.1) is 12.0 Å². The Kier molecular flexibility index (Phi) is 4.80. The van der Waals surface area contributed by atoms with Crippen LogP contribution in [-0.2, 0) is 16.8 Å². The van der Waals surface area contributed by atoms with Crippen molar-refractivity contribution >= 4 is 39.5 Å². The van der Waals surface area contributed by atoms with Gasteiger partial charge < -0.3 is 15.6 Å². The molecule has 3 N–H and O–H groups in total. The molecule has 0 saturated heterocycles. The van der Waals surface area contributed by atoms with Gasteiger partial charge >= 0.3 is 0 Å². The van der Waals surface area contributed by atoms with E-state index in [-0.39, 0.29) is 18.1 Å². The molecule has 8 heteroatoms. The highest BCUT2D eigenvalue weighted by Gasteiger charge is 2.32. The largest absolute Gasteiger partial charge is 0.379 e. The second-order valence-electron chi connectivity index (χ2n) is 6.87. The number of anilines is 1. The zero-order valence-electron chi connectivity index (χ0n) is 15.2. The molecular weight excluding hydrogens is 379 g/mol. The van der Waals surface area contributed by atoms with E-state index in [4.69, 9.17) is 10.3 Å². The van der Waals surface area contributed by atoms with E-state index in [1.54, 1.807) is 12.1 Å². The van der Waals surface area contributed by atoms with Gasteiger partial charge in [-0.15, -0.1) is 0 Å². The van der Waals surface area contributed by atoms with Gasteiger partial charge in [-0.25, -0.2) is 4.39 Å². The normalized spacial score (nSPS) is 19.4. The number of aliphatic imine (C=N–C) groups is 1. The zero-order valence-corrected chi connectivity index (χ0v) is 16.1. The van der Waals surface area contributed by atoms with Crippen molar-refractivity contribution in [2.24, 2.45) is 10.7 Å². The van der Waals surface area contributed by atoms with Crippen molar-refractivity contribution in [2.45, 2.75) is 25.3 Å². The van der Waals surface area contributed by atoms with Crippen LogP contribution in [0.4, 0.5) is 10.1 Å². The molecule has 1 amide bonds. The molecule has 2 heterocycles. The number of carbonyl (C=O) groups excluding carboxylic acids is 1. The monoisotopic (exact) mass is 398 g/mol. The summed E-state index contributed by atoms with van der Waals surface area (Å²) in [6.07, 6.45) is 0.723. The molecule has 0 bridgehead atoms. The minimum absolute atomic E-state index is 0.0583. The number of hydrogen-bond donors (Lipinski definition) is 2. The van der Waals surface area contributed by atoms with Gasteiger partial charge in [0.15, 0.2) is 10.8 Å². The van der Waals surface area contributed by atoms with Crippen LogP contribution in [0.25, 0.3) is 11.0 Å². The summed E-state index contributed by atoms with van der Waals surface area (Å²) < 4.78 is 19.7. The first-order valence-corrected chi connectivity index (χ1v) is 9.84. The molecule has 28 heavy (non-hydrogen) atoms. The van der Waals surface area contributed by atoms with Crippen LogP contribution in [0.1, 0.15) is 24.6 Å². The van der Waals surface area contributed by atoms with E-state index < -0.39 is 5.54 Å². The van der Waals surface area contributed by atoms with Crippen LogP contribution in [0.2, 0.25) is 0 Å². The van der Waals surface area contributed by atoms with E-state index in [0.29, 0.717) is 34.1 Å². The maximum Gasteiger partial charge on any atom is 0.230 e. The number of nitrogens with one attached hydrogen (secondary N) is 1. The average molecular weight is 398 g/mol. The average Bonchev–Trinajstić information content (AvgIpc) is 3.06. The van der Waals surface area contributed by atoms with Crippen LogP contribution in [0.15, 0.2) is 52.0 Å². The number of rotatable bonds is 4. The molecule has 0 spiro atoms. The summed E-state index contributed by atoms with van der Waals surface area (Å²) in [6.45, 7) is 1.85. The lowest BCUT2D eigenvalue weighted by Gasteiger charge is -2.30. The fourth-order valence-electron chi connectivity index (χ4n) is 3.32. The van der Waals surface area contributed by atoms with Crippen LogP contribution in [-0.4, -0.2) is 22.0 Å². The third-order valence-corrected chi connectivity index (χ3v) is 5.60. The van der Waals surface area contributed by atoms with Crippen LogP contribution < -0.4 is 11.1 Å². The van der Waals surface area contributed by atoms with E-state index in [9.17, 15) is 9.18 Å². The molecule has 1 aliphatic heterocycles. The Hall–Kier alpha value is -2.87. The number of hydrogen-bond acceptors (Lipinski definition) is 6. The molecule has 1 atom stereocenters. The molecule has 0 saturated carbocycles. The van der Waals surface area contributed by atoms with Gasteiger partial charge in [0.2, 0.25) is 5.91 Å². The number of aromatic nitrogens is 1. The predicted molar refractivity (Wildman–Crippen MR) is 109 cm³/mol. The molecule has 3 aromatic rings. The third-order valence-electron chi connectivity index (χ3n) is 4.81. The number of amidine groups is 1. The number of nitrogens with zero attached hydrogens (tertiary/aromatic N) is 2. The van der Waals surface area contributed by atoms with Gasteiger partial charge in [-0.2, -0.15) is 0 Å². The Balaban J connectivity index is 1.55. The summed E-state index contributed by atoms with van der Waals surface area (Å²) in [4.78, 5) is 16.9. The molecule has 144 valence electrons. The summed E-state index contributed by atoms with van der Waals surface area (Å²) in [6, 6.07) is 11.9. The van der Waals surface area contributed by atoms with Crippen molar-refractivity contribution in [1.82, 2.24) is 5.16 Å². The summed E-state index contributed by atoms with van der Waals surface area (Å²) in [5.74, 6) is 0.136. The first-order valence-electron chi connectivity index (χ1n) is 8.86. The minimum atomic E-state index is -0.748. The van der Waals surface area contributed by atoms with Gasteiger partial charge in [0, 0.05) is 22.4 Å². The number of benzene rings is 2. The molecule has 2 aromatic carbocycles. The van der Waals surface area contributed by atoms with Crippen molar-refractivity contribution in [3.63, 3.8) is 0 Å². The Bertz CT molecular complexity index is 1080. The molecular formula is C20H19FN4O2S. The molecule has 0 aliphatic carbocycles. The minimum Gasteiger partial charge on any atom is -0.379 e.